The Morgan fingerprint density at radius 1 is 1.00 bits per heavy atom. The lowest BCUT2D eigenvalue weighted by atomic mass is 9.83. The van der Waals surface area contributed by atoms with Crippen molar-refractivity contribution in [3.8, 4) is 0 Å². The van der Waals surface area contributed by atoms with Crippen molar-refractivity contribution in [2.24, 2.45) is 0 Å². The number of aliphatic hydroxyl groups excluding tert-OH is 1. The summed E-state index contributed by atoms with van der Waals surface area (Å²) in [5.41, 5.74) is 3.11. The lowest BCUT2D eigenvalue weighted by molar-refractivity contribution is 0.160. The molecule has 0 aliphatic heterocycles. The topological polar surface area (TPSA) is 20.2 Å². The van der Waals surface area contributed by atoms with E-state index >= 15 is 0 Å². The van der Waals surface area contributed by atoms with E-state index in [4.69, 9.17) is 11.6 Å². The predicted octanol–water partition coefficient (Wildman–Crippen LogP) is 4.18. The molecular formula is C16H13ClO. The van der Waals surface area contributed by atoms with Crippen LogP contribution in [0.15, 0.2) is 54.6 Å². The largest absolute Gasteiger partial charge is 0.387 e. The lowest BCUT2D eigenvalue weighted by Gasteiger charge is -2.26. The molecule has 2 atom stereocenters. The van der Waals surface area contributed by atoms with Crippen molar-refractivity contribution >= 4 is 17.7 Å². The molecule has 0 saturated heterocycles. The molecule has 0 saturated carbocycles. The van der Waals surface area contributed by atoms with Crippen LogP contribution < -0.4 is 0 Å². The highest BCUT2D eigenvalue weighted by atomic mass is 35.5. The zero-order valence-electron chi connectivity index (χ0n) is 9.75. The van der Waals surface area contributed by atoms with E-state index in [1.54, 1.807) is 0 Å². The number of hydrogen-bond donors (Lipinski definition) is 1. The highest BCUT2D eigenvalue weighted by Gasteiger charge is 2.25. The van der Waals surface area contributed by atoms with Gasteiger partial charge in [-0.05, 0) is 28.8 Å². The van der Waals surface area contributed by atoms with Crippen molar-refractivity contribution in [2.75, 3.05) is 0 Å². The maximum atomic E-state index is 10.5. The third-order valence-electron chi connectivity index (χ3n) is 3.37. The Morgan fingerprint density at radius 2 is 1.83 bits per heavy atom. The van der Waals surface area contributed by atoms with Gasteiger partial charge in [-0.25, -0.2) is 0 Å². The van der Waals surface area contributed by atoms with Crippen molar-refractivity contribution in [3.05, 3.63) is 76.3 Å². The summed E-state index contributed by atoms with van der Waals surface area (Å²) in [7, 11) is 0. The molecule has 2 aromatic rings. The Hall–Kier alpha value is -1.57. The van der Waals surface area contributed by atoms with E-state index in [1.807, 2.05) is 54.6 Å². The van der Waals surface area contributed by atoms with Crippen molar-refractivity contribution in [1.82, 2.24) is 0 Å². The number of halogens is 1. The normalized spacial score (nSPS) is 21.7. The Kier molecular flexibility index (Phi) is 2.94. The first-order valence-electron chi connectivity index (χ1n) is 5.96. The zero-order chi connectivity index (χ0) is 12.5. The molecule has 3 rings (SSSR count). The third-order valence-corrected chi connectivity index (χ3v) is 3.61. The van der Waals surface area contributed by atoms with Gasteiger partial charge in [0.05, 0.1) is 6.10 Å². The first kappa shape index (κ1) is 11.5. The van der Waals surface area contributed by atoms with Crippen LogP contribution in [0.2, 0.25) is 5.02 Å². The summed E-state index contributed by atoms with van der Waals surface area (Å²) in [6.45, 7) is 0. The molecule has 0 bridgehead atoms. The molecule has 0 heterocycles. The molecule has 18 heavy (non-hydrogen) atoms. The lowest BCUT2D eigenvalue weighted by Crippen LogP contribution is -2.13. The molecule has 1 N–H and O–H groups in total. The molecule has 0 fully saturated rings. The van der Waals surface area contributed by atoms with Crippen LogP contribution in [0.1, 0.15) is 28.7 Å². The maximum Gasteiger partial charge on any atom is 0.0899 e. The van der Waals surface area contributed by atoms with E-state index in [9.17, 15) is 5.11 Å². The quantitative estimate of drug-likeness (QED) is 0.811. The minimum Gasteiger partial charge on any atom is -0.387 e. The number of rotatable bonds is 1. The molecule has 1 aliphatic carbocycles. The Morgan fingerprint density at radius 3 is 2.67 bits per heavy atom. The predicted molar refractivity (Wildman–Crippen MR) is 74.6 cm³/mol. The molecule has 2 heteroatoms. The molecule has 0 spiro atoms. The Balaban J connectivity index is 2.03. The fourth-order valence-corrected chi connectivity index (χ4v) is 2.64. The van der Waals surface area contributed by atoms with Crippen molar-refractivity contribution in [2.45, 2.75) is 12.0 Å². The SMILES string of the molecule is O[C@@H]1c2ccccc2C=C[C@@H]1c1cccc(Cl)c1. The zero-order valence-corrected chi connectivity index (χ0v) is 10.5. The van der Waals surface area contributed by atoms with Gasteiger partial charge in [0.15, 0.2) is 0 Å². The summed E-state index contributed by atoms with van der Waals surface area (Å²) in [6, 6.07) is 15.6. The molecule has 2 aromatic carbocycles. The van der Waals surface area contributed by atoms with Crippen LogP contribution in [0.4, 0.5) is 0 Å². The van der Waals surface area contributed by atoms with Crippen molar-refractivity contribution in [3.63, 3.8) is 0 Å². The van der Waals surface area contributed by atoms with Gasteiger partial charge in [0.1, 0.15) is 0 Å². The molecule has 0 radical (unpaired) electrons. The maximum absolute atomic E-state index is 10.5. The van der Waals surface area contributed by atoms with Gasteiger partial charge in [-0.2, -0.15) is 0 Å². The van der Waals surface area contributed by atoms with E-state index in [0.717, 1.165) is 16.7 Å². The standard InChI is InChI=1S/C16H13ClO/c17-13-6-3-5-12(10-13)15-9-8-11-4-1-2-7-14(11)16(15)18/h1-10,15-16,18H/t15-,16-/m1/s1. The first-order chi connectivity index (χ1) is 8.75. The van der Waals surface area contributed by atoms with Gasteiger partial charge in [0.25, 0.3) is 0 Å². The van der Waals surface area contributed by atoms with E-state index in [1.165, 1.54) is 0 Å². The monoisotopic (exact) mass is 256 g/mol. The average molecular weight is 257 g/mol. The molecule has 0 amide bonds. The minimum absolute atomic E-state index is 0.0291. The van der Waals surface area contributed by atoms with E-state index < -0.39 is 6.10 Å². The molecule has 0 unspecified atom stereocenters. The number of aliphatic hydroxyl groups is 1. The van der Waals surface area contributed by atoms with Gasteiger partial charge >= 0.3 is 0 Å². The van der Waals surface area contributed by atoms with E-state index in [0.29, 0.717) is 5.02 Å². The molecule has 90 valence electrons. The van der Waals surface area contributed by atoms with Crippen LogP contribution in [0, 0.1) is 0 Å². The average Bonchev–Trinajstić information content (AvgIpc) is 2.39. The molecular weight excluding hydrogens is 244 g/mol. The van der Waals surface area contributed by atoms with Gasteiger partial charge < -0.3 is 5.11 Å². The fourth-order valence-electron chi connectivity index (χ4n) is 2.45. The summed E-state index contributed by atoms with van der Waals surface area (Å²) in [6.07, 6.45) is 3.59. The van der Waals surface area contributed by atoms with Crippen LogP contribution in [0.3, 0.4) is 0 Å². The van der Waals surface area contributed by atoms with Gasteiger partial charge in [0.2, 0.25) is 0 Å². The van der Waals surface area contributed by atoms with Gasteiger partial charge in [-0.15, -0.1) is 0 Å². The molecule has 1 aliphatic rings. The summed E-state index contributed by atoms with van der Waals surface area (Å²) in [5.74, 6) is -0.0291. The van der Waals surface area contributed by atoms with Crippen LogP contribution >= 0.6 is 11.6 Å². The second kappa shape index (κ2) is 4.60. The minimum atomic E-state index is -0.510. The van der Waals surface area contributed by atoms with Gasteiger partial charge in [0, 0.05) is 10.9 Å². The second-order valence-electron chi connectivity index (χ2n) is 4.51. The van der Waals surface area contributed by atoms with E-state index in [-0.39, 0.29) is 5.92 Å². The number of benzene rings is 2. The molecule has 1 nitrogen and oxygen atoms in total. The highest BCUT2D eigenvalue weighted by Crippen LogP contribution is 2.38. The fraction of sp³-hybridized carbons (Fsp3) is 0.125. The summed E-state index contributed by atoms with van der Waals surface area (Å²) in [5, 5.41) is 11.2. The Bertz CT molecular complexity index is 604. The van der Waals surface area contributed by atoms with Crippen molar-refractivity contribution in [1.29, 1.82) is 0 Å². The molecule has 0 aromatic heterocycles. The summed E-state index contributed by atoms with van der Waals surface area (Å²) in [4.78, 5) is 0. The second-order valence-corrected chi connectivity index (χ2v) is 4.95. The van der Waals surface area contributed by atoms with Gasteiger partial charge in [-0.1, -0.05) is 60.2 Å². The van der Waals surface area contributed by atoms with Crippen LogP contribution in [0.25, 0.3) is 6.08 Å². The first-order valence-corrected chi connectivity index (χ1v) is 6.34. The number of fused-ring (bicyclic) bond motifs is 1. The smallest absolute Gasteiger partial charge is 0.0899 e. The van der Waals surface area contributed by atoms with Crippen molar-refractivity contribution < 1.29 is 5.11 Å². The highest BCUT2D eigenvalue weighted by molar-refractivity contribution is 6.30. The van der Waals surface area contributed by atoms with Gasteiger partial charge in [-0.3, -0.25) is 0 Å². The van der Waals surface area contributed by atoms with E-state index in [2.05, 4.69) is 6.08 Å². The third kappa shape index (κ3) is 1.96. The van der Waals surface area contributed by atoms with Crippen LogP contribution in [0.5, 0.6) is 0 Å². The Labute approximate surface area is 111 Å². The van der Waals surface area contributed by atoms with Crippen LogP contribution in [-0.2, 0) is 0 Å². The summed E-state index contributed by atoms with van der Waals surface area (Å²) >= 11 is 6.01. The summed E-state index contributed by atoms with van der Waals surface area (Å²) < 4.78 is 0. The van der Waals surface area contributed by atoms with Crippen LogP contribution in [-0.4, -0.2) is 5.11 Å². The number of hydrogen-bond acceptors (Lipinski definition) is 1.